The molecule has 4 nitrogen and oxygen atoms in total. The van der Waals surface area contributed by atoms with Crippen LogP contribution in [0.2, 0.25) is 0 Å². The molecule has 0 aliphatic rings. The number of benzene rings is 2. The number of hydrogen-bond acceptors (Lipinski definition) is 3. The number of alkyl halides is 3. The molecule has 0 radical (unpaired) electrons. The topological polar surface area (TPSA) is 63.4 Å². The second-order valence-corrected chi connectivity index (χ2v) is 4.58. The Kier molecular flexibility index (Phi) is 4.32. The van der Waals surface area contributed by atoms with Crippen molar-refractivity contribution in [2.45, 2.75) is 6.18 Å². The van der Waals surface area contributed by atoms with E-state index >= 15 is 0 Å². The van der Waals surface area contributed by atoms with E-state index in [0.717, 1.165) is 0 Å². The van der Waals surface area contributed by atoms with Gasteiger partial charge in [-0.2, -0.15) is 13.2 Å². The molecule has 2 rings (SSSR count). The lowest BCUT2D eigenvalue weighted by atomic mass is 9.99. The number of nitro benzene ring substituents is 1. The maximum atomic E-state index is 13.9. The molecule has 0 aliphatic carbocycles. The van der Waals surface area contributed by atoms with Crippen LogP contribution in [0.3, 0.4) is 0 Å². The molecule has 12 heteroatoms. The maximum absolute atomic E-state index is 13.9. The molecule has 1 N–H and O–H groups in total. The van der Waals surface area contributed by atoms with E-state index in [1.54, 1.807) is 0 Å². The van der Waals surface area contributed by atoms with E-state index in [-0.39, 0.29) is 12.1 Å². The molecule has 0 spiro atoms. The molecule has 0 bridgehead atoms. The molecule has 0 amide bonds. The minimum Gasteiger partial charge on any atom is -0.502 e. The quantitative estimate of drug-likeness (QED) is 0.360. The fourth-order valence-corrected chi connectivity index (χ4v) is 2.01. The minimum atomic E-state index is -5.80. The van der Waals surface area contributed by atoms with Crippen LogP contribution in [-0.4, -0.2) is 10.0 Å². The summed E-state index contributed by atoms with van der Waals surface area (Å²) in [5.74, 6) is -14.0. The average molecular weight is 373 g/mol. The van der Waals surface area contributed by atoms with Gasteiger partial charge in [0.2, 0.25) is 0 Å². The van der Waals surface area contributed by atoms with E-state index in [1.807, 2.05) is 0 Å². The highest BCUT2D eigenvalue weighted by molar-refractivity contribution is 5.71. The van der Waals surface area contributed by atoms with Crippen molar-refractivity contribution in [3.05, 3.63) is 56.9 Å². The zero-order valence-corrected chi connectivity index (χ0v) is 11.4. The van der Waals surface area contributed by atoms with Crippen LogP contribution >= 0.6 is 0 Å². The zero-order chi connectivity index (χ0) is 19.3. The Labute approximate surface area is 132 Å². The third kappa shape index (κ3) is 2.94. The first-order valence-electron chi connectivity index (χ1n) is 5.98. The van der Waals surface area contributed by atoms with Gasteiger partial charge in [0.1, 0.15) is 11.4 Å². The van der Waals surface area contributed by atoms with E-state index < -0.39 is 68.3 Å². The normalized spacial score (nSPS) is 11.7. The number of rotatable bonds is 2. The van der Waals surface area contributed by atoms with Crippen LogP contribution in [0.15, 0.2) is 12.1 Å². The number of phenolic OH excluding ortho intramolecular Hbond substituents is 1. The van der Waals surface area contributed by atoms with Crippen LogP contribution < -0.4 is 0 Å². The van der Waals surface area contributed by atoms with Gasteiger partial charge in [0.05, 0.1) is 10.5 Å². The van der Waals surface area contributed by atoms with E-state index in [1.165, 1.54) is 0 Å². The number of hydrogen-bond donors (Lipinski definition) is 1. The molecule has 25 heavy (non-hydrogen) atoms. The Hall–Kier alpha value is -2.92. The molecule has 2 aromatic carbocycles. The van der Waals surface area contributed by atoms with Gasteiger partial charge < -0.3 is 5.11 Å². The molecule has 0 atom stereocenters. The van der Waals surface area contributed by atoms with Crippen LogP contribution in [0.1, 0.15) is 5.56 Å². The van der Waals surface area contributed by atoms with Gasteiger partial charge in [0, 0.05) is 17.7 Å². The SMILES string of the molecule is O=[N+]([O-])c1cc(-c2c(F)c(F)c(C(F)(F)F)c(F)c2F)c(F)cc1O. The van der Waals surface area contributed by atoms with Crippen LogP contribution in [-0.2, 0) is 6.18 Å². The fraction of sp³-hybridized carbons (Fsp3) is 0.0769. The summed E-state index contributed by atoms with van der Waals surface area (Å²) in [6, 6.07) is 0.0398. The van der Waals surface area contributed by atoms with E-state index in [4.69, 9.17) is 5.11 Å². The number of phenols is 1. The molecular formula is C13H3F8NO3. The Morgan fingerprint density at radius 3 is 1.80 bits per heavy atom. The van der Waals surface area contributed by atoms with Crippen molar-refractivity contribution in [1.82, 2.24) is 0 Å². The molecule has 0 unspecified atom stereocenters. The van der Waals surface area contributed by atoms with Gasteiger partial charge in [-0.1, -0.05) is 0 Å². The molecule has 0 heterocycles. The first-order chi connectivity index (χ1) is 11.4. The van der Waals surface area contributed by atoms with Gasteiger partial charge in [-0.15, -0.1) is 0 Å². The van der Waals surface area contributed by atoms with E-state index in [0.29, 0.717) is 0 Å². The van der Waals surface area contributed by atoms with Crippen molar-refractivity contribution in [1.29, 1.82) is 0 Å². The van der Waals surface area contributed by atoms with Gasteiger partial charge in [-0.25, -0.2) is 22.0 Å². The number of nitrogens with zero attached hydrogens (tertiary/aromatic N) is 1. The maximum Gasteiger partial charge on any atom is 0.422 e. The Balaban J connectivity index is 2.91. The second kappa shape index (κ2) is 5.86. The standard InChI is InChI=1S/C13H3F8NO3/c14-4-2-6(23)5(22(24)25)1-3(4)7-9(15)11(17)8(13(19,20)21)12(18)10(7)16/h1-2,23H. The van der Waals surface area contributed by atoms with Gasteiger partial charge in [-0.3, -0.25) is 10.1 Å². The minimum absolute atomic E-state index is 0.0137. The number of nitro groups is 1. The van der Waals surface area contributed by atoms with Crippen LogP contribution in [0, 0.1) is 39.2 Å². The third-order valence-corrected chi connectivity index (χ3v) is 3.08. The van der Waals surface area contributed by atoms with Gasteiger partial charge in [0.15, 0.2) is 29.0 Å². The molecule has 0 fully saturated rings. The van der Waals surface area contributed by atoms with Crippen molar-refractivity contribution in [3.63, 3.8) is 0 Å². The fourth-order valence-electron chi connectivity index (χ4n) is 2.01. The second-order valence-electron chi connectivity index (χ2n) is 4.58. The summed E-state index contributed by atoms with van der Waals surface area (Å²) >= 11 is 0. The monoisotopic (exact) mass is 373 g/mol. The molecular weight excluding hydrogens is 370 g/mol. The average Bonchev–Trinajstić information content (AvgIpc) is 2.45. The van der Waals surface area contributed by atoms with Gasteiger partial charge in [-0.05, 0) is 0 Å². The highest BCUT2D eigenvalue weighted by Gasteiger charge is 2.43. The summed E-state index contributed by atoms with van der Waals surface area (Å²) in [4.78, 5) is 9.33. The van der Waals surface area contributed by atoms with E-state index in [2.05, 4.69) is 0 Å². The molecule has 134 valence electrons. The van der Waals surface area contributed by atoms with Gasteiger partial charge >= 0.3 is 11.9 Å². The van der Waals surface area contributed by atoms with Crippen LogP contribution in [0.5, 0.6) is 5.75 Å². The van der Waals surface area contributed by atoms with Crippen molar-refractivity contribution < 1.29 is 45.2 Å². The predicted molar refractivity (Wildman–Crippen MR) is 65.0 cm³/mol. The third-order valence-electron chi connectivity index (χ3n) is 3.08. The van der Waals surface area contributed by atoms with Crippen LogP contribution in [0.4, 0.5) is 40.8 Å². The number of aromatic hydroxyl groups is 1. The summed E-state index contributed by atoms with van der Waals surface area (Å²) in [6.45, 7) is 0. The number of halogens is 8. The highest BCUT2D eigenvalue weighted by Crippen LogP contribution is 2.42. The Morgan fingerprint density at radius 1 is 0.920 bits per heavy atom. The Morgan fingerprint density at radius 2 is 1.40 bits per heavy atom. The predicted octanol–water partition coefficient (Wildman–Crippen LogP) is 4.68. The molecule has 0 aliphatic heterocycles. The van der Waals surface area contributed by atoms with E-state index in [9.17, 15) is 45.2 Å². The molecule has 2 aromatic rings. The van der Waals surface area contributed by atoms with Gasteiger partial charge in [0.25, 0.3) is 0 Å². The summed E-state index contributed by atoms with van der Waals surface area (Å²) in [5.41, 5.74) is -7.55. The molecule has 0 aromatic heterocycles. The highest BCUT2D eigenvalue weighted by atomic mass is 19.4. The zero-order valence-electron chi connectivity index (χ0n) is 11.4. The van der Waals surface area contributed by atoms with Crippen LogP contribution in [0.25, 0.3) is 11.1 Å². The lowest BCUT2D eigenvalue weighted by Gasteiger charge is -2.14. The van der Waals surface area contributed by atoms with Crippen molar-refractivity contribution in [2.24, 2.45) is 0 Å². The lowest BCUT2D eigenvalue weighted by molar-refractivity contribution is -0.385. The molecule has 0 saturated heterocycles. The lowest BCUT2D eigenvalue weighted by Crippen LogP contribution is -2.16. The Bertz CT molecular complexity index is 865. The first kappa shape index (κ1) is 18.4. The summed E-state index contributed by atoms with van der Waals surface area (Å²) < 4.78 is 106. The van der Waals surface area contributed by atoms with Crippen molar-refractivity contribution in [3.8, 4) is 16.9 Å². The summed E-state index contributed by atoms with van der Waals surface area (Å²) in [7, 11) is 0. The largest absolute Gasteiger partial charge is 0.502 e. The molecule has 0 saturated carbocycles. The van der Waals surface area contributed by atoms with Crippen molar-refractivity contribution >= 4 is 5.69 Å². The van der Waals surface area contributed by atoms with Crippen molar-refractivity contribution in [2.75, 3.05) is 0 Å². The smallest absolute Gasteiger partial charge is 0.422 e. The summed E-state index contributed by atoms with van der Waals surface area (Å²) in [5, 5.41) is 19.8. The first-order valence-corrected chi connectivity index (χ1v) is 5.98. The summed E-state index contributed by atoms with van der Waals surface area (Å²) in [6.07, 6.45) is -5.80.